The molecule has 0 aromatic carbocycles. The lowest BCUT2D eigenvalue weighted by Crippen LogP contribution is -2.42. The molecule has 2 rings (SSSR count). The monoisotopic (exact) mass is 500 g/mol. The van der Waals surface area contributed by atoms with Crippen LogP contribution in [0.3, 0.4) is 0 Å². The number of aliphatic imine (C=N–C) groups is 1. The van der Waals surface area contributed by atoms with Gasteiger partial charge < -0.3 is 15.2 Å². The van der Waals surface area contributed by atoms with Crippen LogP contribution < -0.4 is 10.6 Å². The van der Waals surface area contributed by atoms with E-state index in [1.165, 1.54) is 25.7 Å². The van der Waals surface area contributed by atoms with Crippen LogP contribution in [-0.2, 0) is 6.42 Å². The lowest BCUT2D eigenvalue weighted by Gasteiger charge is -2.26. The molecule has 2 aromatic rings. The first-order valence-corrected chi connectivity index (χ1v) is 9.72. The van der Waals surface area contributed by atoms with E-state index in [4.69, 9.17) is 4.52 Å². The van der Waals surface area contributed by atoms with Gasteiger partial charge in [0.25, 0.3) is 5.89 Å². The minimum absolute atomic E-state index is 0. The number of guanidine groups is 1. The molecule has 0 amide bonds. The van der Waals surface area contributed by atoms with Crippen molar-refractivity contribution in [1.82, 2.24) is 25.8 Å². The van der Waals surface area contributed by atoms with Crippen LogP contribution in [0.1, 0.15) is 52.3 Å². The summed E-state index contributed by atoms with van der Waals surface area (Å²) in [6, 6.07) is 5.60. The first kappa shape index (κ1) is 24.3. The maximum Gasteiger partial charge on any atom is 0.276 e. The summed E-state index contributed by atoms with van der Waals surface area (Å²) in [4.78, 5) is 12.9. The number of unbranched alkanes of at least 4 members (excludes halogenated alkanes) is 2. The van der Waals surface area contributed by atoms with E-state index in [0.29, 0.717) is 30.4 Å². The molecule has 0 bridgehead atoms. The highest BCUT2D eigenvalue weighted by Gasteiger charge is 2.17. The quantitative estimate of drug-likeness (QED) is 0.221. The van der Waals surface area contributed by atoms with Gasteiger partial charge in [-0.25, -0.2) is 0 Å². The molecule has 0 radical (unpaired) electrons. The Morgan fingerprint density at radius 2 is 2.04 bits per heavy atom. The molecule has 28 heavy (non-hydrogen) atoms. The molecule has 0 atom stereocenters. The van der Waals surface area contributed by atoms with Crippen molar-refractivity contribution in [2.45, 2.75) is 52.9 Å². The summed E-state index contributed by atoms with van der Waals surface area (Å²) >= 11 is 0. The molecule has 2 aromatic heterocycles. The van der Waals surface area contributed by atoms with Gasteiger partial charge in [-0.1, -0.05) is 51.3 Å². The van der Waals surface area contributed by atoms with Gasteiger partial charge in [0.05, 0.1) is 0 Å². The Labute approximate surface area is 185 Å². The summed E-state index contributed by atoms with van der Waals surface area (Å²) < 4.78 is 5.28. The number of aromatic nitrogens is 3. The molecule has 0 aliphatic heterocycles. The van der Waals surface area contributed by atoms with Crippen molar-refractivity contribution >= 4 is 29.9 Å². The third kappa shape index (κ3) is 8.53. The van der Waals surface area contributed by atoms with Gasteiger partial charge in [0.1, 0.15) is 5.69 Å². The fraction of sp³-hybridized carbons (Fsp3) is 0.600. The van der Waals surface area contributed by atoms with Crippen LogP contribution in [0.25, 0.3) is 11.6 Å². The van der Waals surface area contributed by atoms with Crippen LogP contribution >= 0.6 is 24.0 Å². The Morgan fingerprint density at radius 3 is 2.71 bits per heavy atom. The average molecular weight is 500 g/mol. The van der Waals surface area contributed by atoms with E-state index >= 15 is 0 Å². The molecule has 0 aliphatic carbocycles. The average Bonchev–Trinajstić information content (AvgIpc) is 3.14. The van der Waals surface area contributed by atoms with E-state index in [2.05, 4.69) is 51.5 Å². The first-order chi connectivity index (χ1) is 13.0. The van der Waals surface area contributed by atoms with Gasteiger partial charge in [-0.3, -0.25) is 9.98 Å². The Balaban J connectivity index is 0.00000392. The summed E-state index contributed by atoms with van der Waals surface area (Å²) in [5, 5.41) is 10.7. The summed E-state index contributed by atoms with van der Waals surface area (Å²) in [6.45, 7) is 8.39. The number of nitrogens with zero attached hydrogens (tertiary/aromatic N) is 4. The van der Waals surface area contributed by atoms with Crippen LogP contribution in [-0.4, -0.2) is 41.2 Å². The maximum atomic E-state index is 5.28. The zero-order valence-electron chi connectivity index (χ0n) is 17.4. The van der Waals surface area contributed by atoms with E-state index in [1.807, 2.05) is 18.2 Å². The molecule has 0 saturated heterocycles. The SMILES string of the molecule is CCCCCC(C)(C)CNC(=NC)NCCc1noc(-c2ccccn2)n1.I. The van der Waals surface area contributed by atoms with Crippen molar-refractivity contribution in [3.05, 3.63) is 30.2 Å². The van der Waals surface area contributed by atoms with Gasteiger partial charge >= 0.3 is 0 Å². The number of pyridine rings is 1. The van der Waals surface area contributed by atoms with Crippen LogP contribution in [0.4, 0.5) is 0 Å². The number of rotatable bonds is 10. The Hall–Kier alpha value is -1.71. The molecule has 0 spiro atoms. The van der Waals surface area contributed by atoms with E-state index in [1.54, 1.807) is 13.2 Å². The van der Waals surface area contributed by atoms with Gasteiger partial charge in [-0.15, -0.1) is 24.0 Å². The third-order valence-corrected chi connectivity index (χ3v) is 4.41. The molecule has 0 unspecified atom stereocenters. The van der Waals surface area contributed by atoms with Gasteiger partial charge in [0, 0.05) is 32.8 Å². The number of hydrogen-bond donors (Lipinski definition) is 2. The number of nitrogens with one attached hydrogen (secondary N) is 2. The van der Waals surface area contributed by atoms with Crippen molar-refractivity contribution in [2.75, 3.05) is 20.1 Å². The van der Waals surface area contributed by atoms with Crippen LogP contribution in [0.5, 0.6) is 0 Å². The van der Waals surface area contributed by atoms with Gasteiger partial charge in [0.2, 0.25) is 0 Å². The topological polar surface area (TPSA) is 88.2 Å². The molecule has 0 fully saturated rings. The van der Waals surface area contributed by atoms with Crippen molar-refractivity contribution in [3.8, 4) is 11.6 Å². The molecular formula is C20H33IN6O. The fourth-order valence-corrected chi connectivity index (χ4v) is 2.73. The maximum absolute atomic E-state index is 5.28. The van der Waals surface area contributed by atoms with Crippen molar-refractivity contribution in [3.63, 3.8) is 0 Å². The summed E-state index contributed by atoms with van der Waals surface area (Å²) in [5.74, 6) is 1.90. The lowest BCUT2D eigenvalue weighted by molar-refractivity contribution is 0.318. The first-order valence-electron chi connectivity index (χ1n) is 9.72. The highest BCUT2D eigenvalue weighted by atomic mass is 127. The molecule has 2 N–H and O–H groups in total. The highest BCUT2D eigenvalue weighted by molar-refractivity contribution is 14.0. The molecule has 8 heteroatoms. The lowest BCUT2D eigenvalue weighted by atomic mass is 9.87. The van der Waals surface area contributed by atoms with Crippen molar-refractivity contribution < 1.29 is 4.52 Å². The Bertz CT molecular complexity index is 702. The predicted molar refractivity (Wildman–Crippen MR) is 124 cm³/mol. The summed E-state index contributed by atoms with van der Waals surface area (Å²) in [6.07, 6.45) is 7.39. The zero-order chi connectivity index (χ0) is 19.5. The van der Waals surface area contributed by atoms with Gasteiger partial charge in [-0.2, -0.15) is 4.98 Å². The minimum atomic E-state index is 0. The van der Waals surface area contributed by atoms with Crippen LogP contribution in [0, 0.1) is 5.41 Å². The second-order valence-electron chi connectivity index (χ2n) is 7.45. The summed E-state index contributed by atoms with van der Waals surface area (Å²) in [5.41, 5.74) is 0.935. The second-order valence-corrected chi connectivity index (χ2v) is 7.45. The number of halogens is 1. The predicted octanol–water partition coefficient (Wildman–Crippen LogP) is 4.06. The van der Waals surface area contributed by atoms with E-state index in [0.717, 1.165) is 12.5 Å². The van der Waals surface area contributed by atoms with Crippen LogP contribution in [0.2, 0.25) is 0 Å². The molecule has 0 aliphatic rings. The normalized spacial score (nSPS) is 11.8. The largest absolute Gasteiger partial charge is 0.356 e. The third-order valence-electron chi connectivity index (χ3n) is 4.41. The molecule has 156 valence electrons. The van der Waals surface area contributed by atoms with E-state index in [9.17, 15) is 0 Å². The highest BCUT2D eigenvalue weighted by Crippen LogP contribution is 2.22. The van der Waals surface area contributed by atoms with Crippen molar-refractivity contribution in [1.29, 1.82) is 0 Å². The second kappa shape index (κ2) is 12.7. The number of hydrogen-bond acceptors (Lipinski definition) is 5. The fourth-order valence-electron chi connectivity index (χ4n) is 2.73. The summed E-state index contributed by atoms with van der Waals surface area (Å²) in [7, 11) is 1.78. The Kier molecular flexibility index (Phi) is 11.0. The van der Waals surface area contributed by atoms with Crippen molar-refractivity contribution in [2.24, 2.45) is 10.4 Å². The molecule has 2 heterocycles. The molecular weight excluding hydrogens is 467 g/mol. The van der Waals surface area contributed by atoms with Gasteiger partial charge in [-0.05, 0) is 24.0 Å². The molecule has 0 saturated carbocycles. The smallest absolute Gasteiger partial charge is 0.276 e. The van der Waals surface area contributed by atoms with E-state index in [-0.39, 0.29) is 29.4 Å². The van der Waals surface area contributed by atoms with Gasteiger partial charge in [0.15, 0.2) is 11.8 Å². The Morgan fingerprint density at radius 1 is 1.21 bits per heavy atom. The minimum Gasteiger partial charge on any atom is -0.356 e. The molecule has 7 nitrogen and oxygen atoms in total. The van der Waals surface area contributed by atoms with Crippen LogP contribution in [0.15, 0.2) is 33.9 Å². The van der Waals surface area contributed by atoms with E-state index < -0.39 is 0 Å². The standard InChI is InChI=1S/C20H32N6O.HI/c1-5-6-8-12-20(2,3)15-24-19(21-4)23-14-11-17-25-18(27-26-17)16-10-7-9-13-22-16;/h7,9-10,13H,5-6,8,11-12,14-15H2,1-4H3,(H2,21,23,24);1H. The zero-order valence-corrected chi connectivity index (χ0v) is 19.7.